The van der Waals surface area contributed by atoms with Crippen molar-refractivity contribution >= 4 is 63.1 Å². The molecule has 2 saturated heterocycles. The van der Waals surface area contributed by atoms with E-state index in [2.05, 4.69) is 31.9 Å². The number of allylic oxidation sites excluding steroid dienone is 2. The Balaban J connectivity index is 0.000000234. The summed E-state index contributed by atoms with van der Waals surface area (Å²) in [5.41, 5.74) is -0.0121. The molecule has 4 aromatic rings. The van der Waals surface area contributed by atoms with E-state index < -0.39 is 56.1 Å². The lowest BCUT2D eigenvalue weighted by atomic mass is 9.78. The second kappa shape index (κ2) is 18.4. The van der Waals surface area contributed by atoms with Gasteiger partial charge in [0.05, 0.1) is 45.9 Å². The zero-order valence-electron chi connectivity index (χ0n) is 33.7. The van der Waals surface area contributed by atoms with E-state index in [1.807, 2.05) is 26.0 Å². The quantitative estimate of drug-likeness (QED) is 0.128. The lowest BCUT2D eigenvalue weighted by molar-refractivity contribution is -0.151. The Morgan fingerprint density at radius 1 is 0.581 bits per heavy atom. The van der Waals surface area contributed by atoms with Gasteiger partial charge in [0.2, 0.25) is 20.0 Å². The molecule has 0 saturated carbocycles. The molecule has 0 unspecified atom stereocenters. The van der Waals surface area contributed by atoms with Crippen LogP contribution in [0.3, 0.4) is 0 Å². The molecule has 2 aliphatic heterocycles. The van der Waals surface area contributed by atoms with Crippen molar-refractivity contribution in [3.8, 4) is 12.1 Å². The third kappa shape index (κ3) is 11.3. The summed E-state index contributed by atoms with van der Waals surface area (Å²) in [6, 6.07) is 29.6. The number of halogens is 8. The van der Waals surface area contributed by atoms with Crippen molar-refractivity contribution < 1.29 is 43.2 Å². The largest absolute Gasteiger partial charge is 0.390 e. The van der Waals surface area contributed by atoms with E-state index >= 15 is 0 Å². The highest BCUT2D eigenvalue weighted by Crippen LogP contribution is 2.49. The van der Waals surface area contributed by atoms with Crippen molar-refractivity contribution in [2.75, 3.05) is 26.2 Å². The Morgan fingerprint density at radius 2 is 0.871 bits per heavy atom. The number of alkyl halides is 6. The number of nitrogens with zero attached hydrogens (tertiary/aromatic N) is 4. The van der Waals surface area contributed by atoms with Crippen LogP contribution in [-0.4, -0.2) is 64.0 Å². The van der Waals surface area contributed by atoms with Crippen LogP contribution >= 0.6 is 31.9 Å². The summed E-state index contributed by atoms with van der Waals surface area (Å²) in [4.78, 5) is 0.0201. The fourth-order valence-corrected chi connectivity index (χ4v) is 11.3. The van der Waals surface area contributed by atoms with Crippen LogP contribution in [0.1, 0.15) is 48.9 Å². The van der Waals surface area contributed by atoms with Gasteiger partial charge in [-0.3, -0.25) is 0 Å². The molecule has 0 aliphatic carbocycles. The number of nitriles is 2. The van der Waals surface area contributed by atoms with Crippen molar-refractivity contribution in [3.05, 3.63) is 139 Å². The molecule has 62 heavy (non-hydrogen) atoms. The highest BCUT2D eigenvalue weighted by Gasteiger charge is 2.52. The molecule has 2 heterocycles. The van der Waals surface area contributed by atoms with E-state index in [1.165, 1.54) is 38.1 Å². The Labute approximate surface area is 374 Å². The summed E-state index contributed by atoms with van der Waals surface area (Å²) in [5, 5.41) is 19.6. The SMILES string of the molecule is Cc1ccc(S(=O)(=O)N2C/C(=C(\C#N)c3ccc(Br)cc3)[C@@](C)(CC(F)(F)F)C2)cc1.Cc1ccc(S(=O)(=O)N2C/C(=C(\C#N)c3ccc(Br)cc3)[C@@](C)(CC(F)(F)F)C2)cc1. The summed E-state index contributed by atoms with van der Waals surface area (Å²) in [6.07, 6.45) is -11.5. The molecule has 2 fully saturated rings. The van der Waals surface area contributed by atoms with Gasteiger partial charge in [-0.1, -0.05) is 105 Å². The predicted octanol–water partition coefficient (Wildman–Crippen LogP) is 11.4. The fourth-order valence-electron chi connectivity index (χ4n) is 7.69. The summed E-state index contributed by atoms with van der Waals surface area (Å²) in [5.74, 6) is 0. The molecular weight excluding hydrogens is 986 g/mol. The summed E-state index contributed by atoms with van der Waals surface area (Å²) < 4.78 is 137. The van der Waals surface area contributed by atoms with Gasteiger partial charge in [0, 0.05) is 46.0 Å². The van der Waals surface area contributed by atoms with Crippen molar-refractivity contribution in [1.29, 1.82) is 10.5 Å². The molecule has 328 valence electrons. The number of hydrogen-bond acceptors (Lipinski definition) is 6. The number of benzene rings is 4. The highest BCUT2D eigenvalue weighted by atomic mass is 79.9. The Hall–Kier alpha value is -4.30. The molecule has 8 nitrogen and oxygen atoms in total. The maximum absolute atomic E-state index is 13.5. The molecule has 0 N–H and O–H groups in total. The first-order valence-corrected chi connectivity index (χ1v) is 23.2. The molecule has 18 heteroatoms. The van der Waals surface area contributed by atoms with E-state index in [1.54, 1.807) is 72.8 Å². The lowest BCUT2D eigenvalue weighted by Gasteiger charge is -2.28. The molecule has 6 rings (SSSR count). The number of rotatable bonds is 8. The molecular formula is C44H40Br2F6N4O4S2. The minimum absolute atomic E-state index is 0.0101. The molecule has 0 spiro atoms. The van der Waals surface area contributed by atoms with Crippen LogP contribution in [0.15, 0.2) is 127 Å². The fraction of sp³-hybridized carbons (Fsp3) is 0.318. The van der Waals surface area contributed by atoms with Gasteiger partial charge < -0.3 is 0 Å². The minimum atomic E-state index is -4.52. The van der Waals surface area contributed by atoms with Crippen LogP contribution in [0.25, 0.3) is 11.1 Å². The van der Waals surface area contributed by atoms with Crippen molar-refractivity contribution in [2.45, 2.75) is 62.7 Å². The van der Waals surface area contributed by atoms with Crippen LogP contribution in [0.2, 0.25) is 0 Å². The first kappa shape index (κ1) is 48.7. The van der Waals surface area contributed by atoms with Gasteiger partial charge in [-0.2, -0.15) is 45.5 Å². The molecule has 2 aliphatic rings. The van der Waals surface area contributed by atoms with Crippen molar-refractivity contribution in [3.63, 3.8) is 0 Å². The van der Waals surface area contributed by atoms with E-state index in [-0.39, 0.29) is 58.3 Å². The van der Waals surface area contributed by atoms with Gasteiger partial charge in [-0.25, -0.2) is 16.8 Å². The number of hydrogen-bond donors (Lipinski definition) is 0. The van der Waals surface area contributed by atoms with Crippen LogP contribution in [0, 0.1) is 47.3 Å². The van der Waals surface area contributed by atoms with E-state index in [0.717, 1.165) is 28.7 Å². The van der Waals surface area contributed by atoms with Crippen molar-refractivity contribution in [2.24, 2.45) is 10.8 Å². The minimum Gasteiger partial charge on any atom is -0.207 e. The Morgan fingerprint density at radius 3 is 1.13 bits per heavy atom. The summed E-state index contributed by atoms with van der Waals surface area (Å²) in [7, 11) is -8.06. The Bertz CT molecular complexity index is 2490. The van der Waals surface area contributed by atoms with Gasteiger partial charge in [0.15, 0.2) is 0 Å². The standard InChI is InChI=1S/2C22H20BrF3N2O2S/c2*1-15-3-9-18(10-4-15)31(29,30)28-12-20(21(2,14-28)13-22(24,25)26)19(11-27)16-5-7-17(23)8-6-16/h2*3-10H,12-14H2,1-2H3/b2*20-19-/t2*21-/m00/s1. The molecule has 0 bridgehead atoms. The average Bonchev–Trinajstić information content (AvgIpc) is 3.69. The molecule has 0 aromatic heterocycles. The van der Waals surface area contributed by atoms with E-state index in [4.69, 9.17) is 0 Å². The monoisotopic (exact) mass is 1020 g/mol. The second-order valence-electron chi connectivity index (χ2n) is 15.8. The van der Waals surface area contributed by atoms with Crippen LogP contribution in [0.4, 0.5) is 26.3 Å². The van der Waals surface area contributed by atoms with E-state index in [9.17, 15) is 53.7 Å². The molecule has 2 atom stereocenters. The maximum Gasteiger partial charge on any atom is 0.390 e. The van der Waals surface area contributed by atoms with Gasteiger partial charge in [0.1, 0.15) is 0 Å². The first-order chi connectivity index (χ1) is 28.7. The summed E-state index contributed by atoms with van der Waals surface area (Å²) in [6.45, 7) is 5.09. The average molecular weight is 1030 g/mol. The predicted molar refractivity (Wildman–Crippen MR) is 231 cm³/mol. The molecule has 0 radical (unpaired) electrons. The van der Waals surface area contributed by atoms with Gasteiger partial charge in [0.25, 0.3) is 0 Å². The van der Waals surface area contributed by atoms with Crippen LogP contribution in [0.5, 0.6) is 0 Å². The molecule has 0 amide bonds. The van der Waals surface area contributed by atoms with Gasteiger partial charge in [-0.05, 0) is 84.7 Å². The molecule has 4 aromatic carbocycles. The third-order valence-corrected chi connectivity index (χ3v) is 15.4. The van der Waals surface area contributed by atoms with Gasteiger partial charge in [-0.15, -0.1) is 0 Å². The van der Waals surface area contributed by atoms with Crippen LogP contribution < -0.4 is 0 Å². The topological polar surface area (TPSA) is 122 Å². The first-order valence-electron chi connectivity index (χ1n) is 18.8. The van der Waals surface area contributed by atoms with Gasteiger partial charge >= 0.3 is 12.4 Å². The zero-order chi connectivity index (χ0) is 46.1. The Kier molecular flexibility index (Phi) is 14.5. The summed E-state index contributed by atoms with van der Waals surface area (Å²) >= 11 is 6.59. The van der Waals surface area contributed by atoms with Crippen LogP contribution in [-0.2, 0) is 20.0 Å². The normalized spacial score (nSPS) is 21.7. The maximum atomic E-state index is 13.5. The second-order valence-corrected chi connectivity index (χ2v) is 21.5. The van der Waals surface area contributed by atoms with Crippen molar-refractivity contribution in [1.82, 2.24) is 8.61 Å². The smallest absolute Gasteiger partial charge is 0.207 e. The zero-order valence-corrected chi connectivity index (χ0v) is 38.5. The highest BCUT2D eigenvalue weighted by molar-refractivity contribution is 9.10. The third-order valence-electron chi connectivity index (χ3n) is 10.8. The number of aryl methyl sites for hydroxylation is 2. The lowest BCUT2D eigenvalue weighted by Crippen LogP contribution is -2.33. The number of sulfonamides is 2. The van der Waals surface area contributed by atoms with E-state index in [0.29, 0.717) is 11.1 Å².